The number of hydrogen-bond donors (Lipinski definition) is 7. The second-order valence-corrected chi connectivity index (χ2v) is 20.0. The van der Waals surface area contributed by atoms with Crippen LogP contribution in [0.25, 0.3) is 21.8 Å². The van der Waals surface area contributed by atoms with Crippen LogP contribution in [0, 0.1) is 12.3 Å². The van der Waals surface area contributed by atoms with Gasteiger partial charge in [-0.2, -0.15) is 5.10 Å². The Morgan fingerprint density at radius 1 is 0.892 bits per heavy atom. The molecule has 74 heavy (non-hydrogen) atoms. The Kier molecular flexibility index (Phi) is 17.7. The molecule has 0 saturated carbocycles. The van der Waals surface area contributed by atoms with Crippen molar-refractivity contribution in [3.63, 3.8) is 0 Å². The van der Waals surface area contributed by atoms with E-state index < -0.39 is 35.4 Å². The van der Waals surface area contributed by atoms with Crippen LogP contribution in [0.15, 0.2) is 78.7 Å². The summed E-state index contributed by atoms with van der Waals surface area (Å²) < 4.78 is 7.32. The lowest BCUT2D eigenvalue weighted by Gasteiger charge is -2.35. The molecule has 5 heterocycles. The first-order chi connectivity index (χ1) is 35.4. The molecule has 1 fully saturated rings. The van der Waals surface area contributed by atoms with E-state index in [2.05, 4.69) is 62.1 Å². The van der Waals surface area contributed by atoms with Gasteiger partial charge < -0.3 is 46.6 Å². The molecule has 0 radical (unpaired) electrons. The van der Waals surface area contributed by atoms with Crippen molar-refractivity contribution in [3.8, 4) is 27.6 Å². The van der Waals surface area contributed by atoms with Crippen molar-refractivity contribution in [2.24, 2.45) is 12.5 Å². The van der Waals surface area contributed by atoms with Crippen molar-refractivity contribution in [2.75, 3.05) is 37.9 Å². The summed E-state index contributed by atoms with van der Waals surface area (Å²) >= 11 is 1.57. The quantitative estimate of drug-likeness (QED) is 0.0407. The molecular formula is C52H64N14O7S. The van der Waals surface area contributed by atoms with Gasteiger partial charge in [-0.25, -0.2) is 15.0 Å². The predicted molar refractivity (Wildman–Crippen MR) is 281 cm³/mol. The van der Waals surface area contributed by atoms with Crippen molar-refractivity contribution in [1.82, 2.24) is 61.1 Å². The lowest BCUT2D eigenvalue weighted by molar-refractivity contribution is -0.144. The number of para-hydroxylation sites is 1. The Bertz CT molecular complexity index is 2940. The maximum Gasteiger partial charge on any atom is 0.273 e. The van der Waals surface area contributed by atoms with Crippen LogP contribution in [0.3, 0.4) is 0 Å². The zero-order valence-electron chi connectivity index (χ0n) is 42.9. The number of ether oxygens (including phenoxy) is 1. The Morgan fingerprint density at radius 3 is 2.32 bits per heavy atom. The summed E-state index contributed by atoms with van der Waals surface area (Å²) in [5.74, 6) is -0.256. The molecule has 1 saturated heterocycles. The van der Waals surface area contributed by atoms with Gasteiger partial charge >= 0.3 is 0 Å². The van der Waals surface area contributed by atoms with Crippen molar-refractivity contribution in [1.29, 1.82) is 0 Å². The predicted octanol–water partition coefficient (Wildman–Crippen LogP) is 6.00. The molecule has 1 aliphatic rings. The molecular weight excluding hydrogens is 965 g/mol. The number of unbranched alkanes of at least 4 members (excludes halogenated alkanes) is 3. The van der Waals surface area contributed by atoms with E-state index in [-0.39, 0.29) is 54.7 Å². The number of amides is 5. The number of benzene rings is 2. The van der Waals surface area contributed by atoms with Gasteiger partial charge in [0.05, 0.1) is 57.8 Å². The largest absolute Gasteiger partial charge is 0.494 e. The number of nitrogens with zero attached hydrogens (tertiary/aromatic N) is 8. The average Bonchev–Trinajstić information content (AvgIpc) is 4.14. The summed E-state index contributed by atoms with van der Waals surface area (Å²) in [4.78, 5) is 82.4. The van der Waals surface area contributed by atoms with Crippen molar-refractivity contribution < 1.29 is 33.8 Å². The number of pyridine rings is 1. The Labute approximate surface area is 433 Å². The van der Waals surface area contributed by atoms with Crippen molar-refractivity contribution in [3.05, 3.63) is 101 Å². The number of rotatable bonds is 21. The number of aliphatic hydroxyl groups excluding tert-OH is 1. The van der Waals surface area contributed by atoms with Gasteiger partial charge in [0.25, 0.3) is 11.8 Å². The van der Waals surface area contributed by atoms with E-state index in [1.54, 1.807) is 53.7 Å². The van der Waals surface area contributed by atoms with Gasteiger partial charge in [-0.15, -0.1) is 21.5 Å². The topological polar surface area (TPSA) is 272 Å². The van der Waals surface area contributed by atoms with E-state index in [9.17, 15) is 29.1 Å². The molecule has 5 amide bonds. The normalized spacial score (nSPS) is 15.2. The number of aromatic nitrogens is 7. The fraction of sp³-hybridized carbons (Fsp3) is 0.404. The summed E-state index contributed by atoms with van der Waals surface area (Å²) in [5, 5.41) is 41.2. The van der Waals surface area contributed by atoms with Crippen LogP contribution in [0.2, 0.25) is 0 Å². The highest BCUT2D eigenvalue weighted by atomic mass is 32.1. The first kappa shape index (κ1) is 53.9. The highest BCUT2D eigenvalue weighted by molar-refractivity contribution is 7.13. The lowest BCUT2D eigenvalue weighted by atomic mass is 9.85. The molecule has 4 atom stereocenters. The van der Waals surface area contributed by atoms with Gasteiger partial charge in [0, 0.05) is 52.3 Å². The minimum Gasteiger partial charge on any atom is -0.494 e. The molecule has 0 aliphatic carbocycles. The Balaban J connectivity index is 0.847. The number of hydrogen-bond acceptors (Lipinski definition) is 16. The highest BCUT2D eigenvalue weighted by Gasteiger charge is 2.44. The standard InChI is InChI=1S/C52H64N14O7S/c1-30(32-17-19-33(20-18-32)45-31(2)57-29-74-45)58-49(70)39-24-35(67)27-66(39)51(72)46(52(3,4)5)61-42(68)16-11-9-10-12-23-54-48(69)34-21-22-40(55-26-34)60-41-25-38(43(63-62-41)50(71)53-6)59-37-15-13-14-36(44(37)73-8)47-56-28-65(7)64-47/h13-15,17-22,25-26,28-30,35,39,46,67H,9-12,16,23-24,27H2,1-8H3,(H,53,71)(H,54,69)(H,58,70)(H,61,68)(H2,55,59,60,62)/t30-,35+,39-,46+/m0/s1. The van der Waals surface area contributed by atoms with Gasteiger partial charge in [-0.1, -0.05) is 63.9 Å². The van der Waals surface area contributed by atoms with E-state index in [1.165, 1.54) is 25.3 Å². The van der Waals surface area contributed by atoms with Gasteiger partial charge in [-0.3, -0.25) is 28.7 Å². The summed E-state index contributed by atoms with van der Waals surface area (Å²) in [6.07, 6.45) is 5.15. The molecule has 0 unspecified atom stereocenters. The second kappa shape index (κ2) is 24.2. The summed E-state index contributed by atoms with van der Waals surface area (Å²) in [6, 6.07) is 16.0. The molecule has 22 heteroatoms. The number of thiazole rings is 1. The van der Waals surface area contributed by atoms with Crippen LogP contribution in [-0.4, -0.2) is 120 Å². The molecule has 6 aromatic rings. The number of aryl methyl sites for hydroxylation is 2. The number of carbonyl (C=O) groups excluding carboxylic acids is 5. The third-order valence-corrected chi connectivity index (χ3v) is 13.5. The lowest BCUT2D eigenvalue weighted by Crippen LogP contribution is -2.57. The Morgan fingerprint density at radius 2 is 1.66 bits per heavy atom. The third kappa shape index (κ3) is 13.4. The first-order valence-electron chi connectivity index (χ1n) is 24.4. The van der Waals surface area contributed by atoms with Gasteiger partial charge in [0.1, 0.15) is 24.2 Å². The monoisotopic (exact) mass is 1030 g/mol. The molecule has 2 aromatic carbocycles. The molecule has 7 rings (SSSR count). The second-order valence-electron chi connectivity index (χ2n) is 19.2. The van der Waals surface area contributed by atoms with Crippen LogP contribution in [-0.2, 0) is 21.4 Å². The van der Waals surface area contributed by atoms with E-state index in [0.717, 1.165) is 34.5 Å². The maximum atomic E-state index is 14.1. The molecule has 7 N–H and O–H groups in total. The fourth-order valence-corrected chi connectivity index (χ4v) is 9.34. The summed E-state index contributed by atoms with van der Waals surface area (Å²) in [6.45, 7) is 9.81. The molecule has 0 bridgehead atoms. The van der Waals surface area contributed by atoms with Crippen LogP contribution in [0.4, 0.5) is 23.0 Å². The van der Waals surface area contributed by atoms with E-state index in [0.29, 0.717) is 59.3 Å². The number of anilines is 4. The summed E-state index contributed by atoms with van der Waals surface area (Å²) in [5.41, 5.74) is 5.91. The zero-order chi connectivity index (χ0) is 53.1. The SMILES string of the molecule is CNC(=O)c1nnc(Nc2ccc(C(=O)NCCCCCCC(=O)N[C@H](C(=O)N3C[C@H](O)C[C@H]3C(=O)N[C@@H](C)c3ccc(-c4scnc4C)cc3)C(C)(C)C)cn2)cc1Nc1cccc(-c2ncn(C)n2)c1OC. The van der Waals surface area contributed by atoms with E-state index in [1.807, 2.05) is 76.5 Å². The molecule has 21 nitrogen and oxygen atoms in total. The van der Waals surface area contributed by atoms with Crippen LogP contribution >= 0.6 is 11.3 Å². The zero-order valence-corrected chi connectivity index (χ0v) is 43.7. The number of methoxy groups -OCH3 is 1. The minimum absolute atomic E-state index is 0.0144. The van der Waals surface area contributed by atoms with Crippen LogP contribution in [0.5, 0.6) is 5.75 Å². The van der Waals surface area contributed by atoms with Crippen LogP contribution in [0.1, 0.15) is 104 Å². The molecule has 390 valence electrons. The molecule has 1 aliphatic heterocycles. The number of carbonyl (C=O) groups is 5. The van der Waals surface area contributed by atoms with Crippen LogP contribution < -0.4 is 36.6 Å². The van der Waals surface area contributed by atoms with Gasteiger partial charge in [-0.05, 0) is 67.5 Å². The van der Waals surface area contributed by atoms with Gasteiger partial charge in [0.2, 0.25) is 17.7 Å². The third-order valence-electron chi connectivity index (χ3n) is 12.5. The number of β-amino-alcohol motifs (C(OH)–C–C–N with tert-alkyl or cyclic N) is 1. The number of likely N-dealkylation sites (tertiary alicyclic amines) is 1. The average molecular weight is 1030 g/mol. The van der Waals surface area contributed by atoms with Crippen molar-refractivity contribution >= 4 is 63.9 Å². The molecule has 0 spiro atoms. The number of aliphatic hydroxyl groups is 1. The first-order valence-corrected chi connectivity index (χ1v) is 25.3. The van der Waals surface area contributed by atoms with Gasteiger partial charge in [0.15, 0.2) is 23.1 Å². The van der Waals surface area contributed by atoms with E-state index in [4.69, 9.17) is 4.74 Å². The fourth-order valence-electron chi connectivity index (χ4n) is 8.52. The number of nitrogens with one attached hydrogen (secondary N) is 6. The molecule has 4 aromatic heterocycles. The van der Waals surface area contributed by atoms with Crippen molar-refractivity contribution in [2.45, 2.75) is 97.4 Å². The maximum absolute atomic E-state index is 14.1. The highest BCUT2D eigenvalue weighted by Crippen LogP contribution is 2.37. The minimum atomic E-state index is -0.924. The smallest absolute Gasteiger partial charge is 0.273 e. The van der Waals surface area contributed by atoms with E-state index >= 15 is 0 Å². The Hall–Kier alpha value is -7.85. The summed E-state index contributed by atoms with van der Waals surface area (Å²) in [7, 11) is 4.79.